The number of rotatable bonds is 5. The third-order valence-electron chi connectivity index (χ3n) is 2.28. The van der Waals surface area contributed by atoms with Gasteiger partial charge in [0.1, 0.15) is 5.69 Å². The van der Waals surface area contributed by atoms with E-state index in [1.807, 2.05) is 0 Å². The Morgan fingerprint density at radius 2 is 2.05 bits per heavy atom. The standard InChI is InChI=1S/C10H7F5N2O5/c1-21-6(18)2-5-7(17(19)20)8(22-10(13,14)15)4(3-16-5)9(11)12/h3,9H,2H2,1H3. The fraction of sp³-hybridized carbons (Fsp3) is 0.400. The molecule has 0 aliphatic carbocycles. The summed E-state index contributed by atoms with van der Waals surface area (Å²) >= 11 is 0. The SMILES string of the molecule is COC(=O)Cc1ncc(C(F)F)c(OC(F)(F)F)c1[N+](=O)[O-]. The molecule has 1 aromatic heterocycles. The molecule has 22 heavy (non-hydrogen) atoms. The summed E-state index contributed by atoms with van der Waals surface area (Å²) in [5.74, 6) is -2.76. The van der Waals surface area contributed by atoms with Gasteiger partial charge in [-0.2, -0.15) is 0 Å². The Hall–Kier alpha value is -2.53. The van der Waals surface area contributed by atoms with Gasteiger partial charge >= 0.3 is 18.0 Å². The predicted molar refractivity (Wildman–Crippen MR) is 58.3 cm³/mol. The van der Waals surface area contributed by atoms with E-state index in [4.69, 9.17) is 0 Å². The van der Waals surface area contributed by atoms with E-state index in [0.717, 1.165) is 7.11 Å². The zero-order chi connectivity index (χ0) is 17.1. The van der Waals surface area contributed by atoms with Gasteiger partial charge in [-0.25, -0.2) is 8.78 Å². The molecule has 12 heteroatoms. The van der Waals surface area contributed by atoms with Crippen molar-refractivity contribution in [2.75, 3.05) is 7.11 Å². The predicted octanol–water partition coefficient (Wildman–Crippen LogP) is 2.54. The molecule has 0 atom stereocenters. The molecule has 0 amide bonds. The molecule has 1 rings (SSSR count). The van der Waals surface area contributed by atoms with E-state index in [0.29, 0.717) is 0 Å². The van der Waals surface area contributed by atoms with Crippen LogP contribution in [0.1, 0.15) is 17.7 Å². The van der Waals surface area contributed by atoms with Crippen molar-refractivity contribution in [3.8, 4) is 5.75 Å². The fourth-order valence-electron chi connectivity index (χ4n) is 1.44. The first-order valence-corrected chi connectivity index (χ1v) is 5.33. The molecule has 0 aliphatic heterocycles. The summed E-state index contributed by atoms with van der Waals surface area (Å²) in [7, 11) is 0.925. The Morgan fingerprint density at radius 1 is 1.45 bits per heavy atom. The second-order valence-corrected chi connectivity index (χ2v) is 3.70. The second kappa shape index (κ2) is 6.49. The Labute approximate surface area is 118 Å². The molecule has 0 radical (unpaired) electrons. The highest BCUT2D eigenvalue weighted by Crippen LogP contribution is 2.41. The number of carbonyl (C=O) groups excluding carboxylic acids is 1. The van der Waals surface area contributed by atoms with Gasteiger partial charge in [0, 0.05) is 6.20 Å². The summed E-state index contributed by atoms with van der Waals surface area (Å²) in [6.07, 6.45) is -9.56. The van der Waals surface area contributed by atoms with Gasteiger partial charge in [-0.15, -0.1) is 13.2 Å². The monoisotopic (exact) mass is 330 g/mol. The summed E-state index contributed by atoms with van der Waals surface area (Å²) in [6.45, 7) is 0. The minimum atomic E-state index is -5.45. The van der Waals surface area contributed by atoms with Gasteiger partial charge in [-0.3, -0.25) is 19.9 Å². The Kier molecular flexibility index (Phi) is 5.17. The third-order valence-corrected chi connectivity index (χ3v) is 2.28. The number of pyridine rings is 1. The zero-order valence-corrected chi connectivity index (χ0v) is 10.7. The van der Waals surface area contributed by atoms with Gasteiger partial charge < -0.3 is 9.47 Å². The van der Waals surface area contributed by atoms with E-state index >= 15 is 0 Å². The molecular weight excluding hydrogens is 323 g/mol. The van der Waals surface area contributed by atoms with Crippen LogP contribution in [0.25, 0.3) is 0 Å². The number of methoxy groups -OCH3 is 1. The van der Waals surface area contributed by atoms with Crippen LogP contribution < -0.4 is 4.74 Å². The van der Waals surface area contributed by atoms with Gasteiger partial charge in [0.2, 0.25) is 5.75 Å². The number of hydrogen-bond donors (Lipinski definition) is 0. The summed E-state index contributed by atoms with van der Waals surface area (Å²) in [6, 6.07) is 0. The molecule has 0 aromatic carbocycles. The molecule has 1 aromatic rings. The van der Waals surface area contributed by atoms with Crippen LogP contribution in [-0.4, -0.2) is 29.3 Å². The van der Waals surface area contributed by atoms with Crippen molar-refractivity contribution in [1.82, 2.24) is 4.98 Å². The zero-order valence-electron chi connectivity index (χ0n) is 10.7. The Bertz CT molecular complexity index is 590. The maximum absolute atomic E-state index is 12.7. The van der Waals surface area contributed by atoms with Crippen molar-refractivity contribution in [2.24, 2.45) is 0 Å². The van der Waals surface area contributed by atoms with Gasteiger partial charge in [-0.1, -0.05) is 0 Å². The molecule has 7 nitrogen and oxygen atoms in total. The molecule has 0 fully saturated rings. The van der Waals surface area contributed by atoms with Crippen LogP contribution in [0.4, 0.5) is 27.6 Å². The Balaban J connectivity index is 3.53. The number of nitrogens with zero attached hydrogens (tertiary/aromatic N) is 2. The molecule has 0 spiro atoms. The van der Waals surface area contributed by atoms with Crippen molar-refractivity contribution in [1.29, 1.82) is 0 Å². The van der Waals surface area contributed by atoms with Gasteiger partial charge in [0.15, 0.2) is 0 Å². The highest BCUT2D eigenvalue weighted by molar-refractivity contribution is 5.74. The summed E-state index contributed by atoms with van der Waals surface area (Å²) in [5, 5.41) is 10.9. The molecule has 0 saturated heterocycles. The van der Waals surface area contributed by atoms with Crippen molar-refractivity contribution in [3.63, 3.8) is 0 Å². The average molecular weight is 330 g/mol. The van der Waals surface area contributed by atoms with E-state index in [9.17, 15) is 36.9 Å². The second-order valence-electron chi connectivity index (χ2n) is 3.70. The molecule has 0 aliphatic rings. The smallest absolute Gasteiger partial charge is 0.469 e. The van der Waals surface area contributed by atoms with Crippen LogP contribution >= 0.6 is 0 Å². The minimum Gasteiger partial charge on any atom is -0.469 e. The van der Waals surface area contributed by atoms with Crippen LogP contribution in [0.3, 0.4) is 0 Å². The van der Waals surface area contributed by atoms with E-state index in [-0.39, 0.29) is 6.20 Å². The van der Waals surface area contributed by atoms with Crippen LogP contribution in [-0.2, 0) is 16.0 Å². The maximum atomic E-state index is 12.7. The largest absolute Gasteiger partial charge is 0.573 e. The van der Waals surface area contributed by atoms with Crippen molar-refractivity contribution in [2.45, 2.75) is 19.2 Å². The summed E-state index contributed by atoms with van der Waals surface area (Å²) < 4.78 is 69.8. The molecule has 0 saturated carbocycles. The topological polar surface area (TPSA) is 91.6 Å². The molecular formula is C10H7F5N2O5. The molecule has 122 valence electrons. The number of alkyl halides is 5. The number of esters is 1. The van der Waals surface area contributed by atoms with Crippen LogP contribution in [0.2, 0.25) is 0 Å². The van der Waals surface area contributed by atoms with Crippen LogP contribution in [0.15, 0.2) is 6.20 Å². The third kappa shape index (κ3) is 4.23. The lowest BCUT2D eigenvalue weighted by molar-refractivity contribution is -0.389. The number of hydrogen-bond acceptors (Lipinski definition) is 6. The lowest BCUT2D eigenvalue weighted by Crippen LogP contribution is -2.20. The van der Waals surface area contributed by atoms with Crippen molar-refractivity contribution < 1.29 is 41.1 Å². The first-order chi connectivity index (χ1) is 10.1. The van der Waals surface area contributed by atoms with Gasteiger partial charge in [0.25, 0.3) is 6.43 Å². The minimum absolute atomic E-state index is 0.275. The van der Waals surface area contributed by atoms with E-state index in [2.05, 4.69) is 14.5 Å². The first-order valence-electron chi connectivity index (χ1n) is 5.33. The number of carbonyl (C=O) groups is 1. The van der Waals surface area contributed by atoms with Crippen molar-refractivity contribution >= 4 is 11.7 Å². The Morgan fingerprint density at radius 3 is 2.45 bits per heavy atom. The molecule has 0 N–H and O–H groups in total. The lowest BCUT2D eigenvalue weighted by Gasteiger charge is -2.14. The van der Waals surface area contributed by atoms with E-state index in [1.54, 1.807) is 0 Å². The molecule has 0 unspecified atom stereocenters. The summed E-state index contributed by atoms with van der Waals surface area (Å²) in [4.78, 5) is 23.8. The van der Waals surface area contributed by atoms with E-state index in [1.165, 1.54) is 0 Å². The highest BCUT2D eigenvalue weighted by atomic mass is 19.4. The summed E-state index contributed by atoms with van der Waals surface area (Å²) in [5.41, 5.74) is -3.68. The maximum Gasteiger partial charge on any atom is 0.573 e. The quantitative estimate of drug-likeness (QED) is 0.357. The van der Waals surface area contributed by atoms with Gasteiger partial charge in [-0.05, 0) is 0 Å². The highest BCUT2D eigenvalue weighted by Gasteiger charge is 2.39. The molecule has 1 heterocycles. The van der Waals surface area contributed by atoms with Crippen LogP contribution in [0.5, 0.6) is 5.75 Å². The van der Waals surface area contributed by atoms with E-state index < -0.39 is 52.8 Å². The first kappa shape index (κ1) is 17.5. The van der Waals surface area contributed by atoms with Crippen molar-refractivity contribution in [3.05, 3.63) is 27.6 Å². The van der Waals surface area contributed by atoms with Crippen LogP contribution in [0, 0.1) is 10.1 Å². The number of nitro groups is 1. The lowest BCUT2D eigenvalue weighted by atomic mass is 10.1. The fourth-order valence-corrected chi connectivity index (χ4v) is 1.44. The number of halogens is 5. The number of aromatic nitrogens is 1. The van der Waals surface area contributed by atoms with Gasteiger partial charge in [0.05, 0.1) is 24.0 Å². The molecule has 0 bridgehead atoms. The average Bonchev–Trinajstić information content (AvgIpc) is 2.35. The number of ether oxygens (including phenoxy) is 2. The normalized spacial score (nSPS) is 11.4.